The average Bonchev–Trinajstić information content (AvgIpc) is 2.94. The predicted octanol–water partition coefficient (Wildman–Crippen LogP) is 3.75. The number of carbonyl (C=O) groups is 1. The summed E-state index contributed by atoms with van der Waals surface area (Å²) in [5, 5.41) is 6.66. The third-order valence-corrected chi connectivity index (χ3v) is 3.56. The van der Waals surface area contributed by atoms with Crippen LogP contribution in [0, 0.1) is 0 Å². The number of anilines is 1. The van der Waals surface area contributed by atoms with Gasteiger partial charge in [-0.25, -0.2) is 0 Å². The van der Waals surface area contributed by atoms with Crippen LogP contribution >= 0.6 is 23.2 Å². The maximum Gasteiger partial charge on any atom is 0.238 e. The Kier molecular flexibility index (Phi) is 5.67. The number of hydrogen-bond acceptors (Lipinski definition) is 3. The lowest BCUT2D eigenvalue weighted by molar-refractivity contribution is -0.115. The zero-order valence-electron chi connectivity index (χ0n) is 11.5. The maximum atomic E-state index is 11.9. The van der Waals surface area contributed by atoms with Crippen molar-refractivity contribution in [2.24, 2.45) is 0 Å². The van der Waals surface area contributed by atoms with Gasteiger partial charge in [0, 0.05) is 12.5 Å². The van der Waals surface area contributed by atoms with Gasteiger partial charge in [-0.05, 0) is 31.2 Å². The minimum absolute atomic E-state index is 0.114. The van der Waals surface area contributed by atoms with E-state index in [4.69, 9.17) is 27.6 Å². The number of furan rings is 1. The van der Waals surface area contributed by atoms with Crippen LogP contribution in [0.2, 0.25) is 10.0 Å². The Morgan fingerprint density at radius 2 is 1.95 bits per heavy atom. The lowest BCUT2D eigenvalue weighted by Gasteiger charge is -2.13. The standard InChI is InChI=1S/C15H16Cl2N2O2/c1-10(8-11-4-3-7-21-11)18-9-14(20)19-15-12(16)5-2-6-13(15)17/h2-7,10,18H,8-9H2,1H3,(H,19,20). The zero-order chi connectivity index (χ0) is 15.2. The van der Waals surface area contributed by atoms with Crippen LogP contribution in [0.1, 0.15) is 12.7 Å². The van der Waals surface area contributed by atoms with Crippen LogP contribution in [-0.4, -0.2) is 18.5 Å². The van der Waals surface area contributed by atoms with Gasteiger partial charge in [0.2, 0.25) is 5.91 Å². The second kappa shape index (κ2) is 7.50. The van der Waals surface area contributed by atoms with E-state index in [2.05, 4.69) is 10.6 Å². The molecule has 1 aromatic carbocycles. The molecule has 1 heterocycles. The summed E-state index contributed by atoms with van der Waals surface area (Å²) in [4.78, 5) is 11.9. The molecular weight excluding hydrogens is 311 g/mol. The van der Waals surface area contributed by atoms with Gasteiger partial charge >= 0.3 is 0 Å². The van der Waals surface area contributed by atoms with Crippen molar-refractivity contribution >= 4 is 34.8 Å². The summed E-state index contributed by atoms with van der Waals surface area (Å²) in [6.07, 6.45) is 2.35. The summed E-state index contributed by atoms with van der Waals surface area (Å²) in [7, 11) is 0. The third kappa shape index (κ3) is 4.77. The summed E-state index contributed by atoms with van der Waals surface area (Å²) >= 11 is 12.0. The second-order valence-electron chi connectivity index (χ2n) is 4.71. The highest BCUT2D eigenvalue weighted by molar-refractivity contribution is 6.39. The fourth-order valence-corrected chi connectivity index (χ4v) is 2.36. The molecule has 1 unspecified atom stereocenters. The smallest absolute Gasteiger partial charge is 0.238 e. The molecule has 0 radical (unpaired) electrons. The molecule has 2 N–H and O–H groups in total. The fraction of sp³-hybridized carbons (Fsp3) is 0.267. The van der Waals surface area contributed by atoms with Crippen LogP contribution in [0.5, 0.6) is 0 Å². The van der Waals surface area contributed by atoms with E-state index in [1.165, 1.54) is 0 Å². The van der Waals surface area contributed by atoms with Gasteiger partial charge in [0.1, 0.15) is 5.76 Å². The molecule has 0 bridgehead atoms. The van der Waals surface area contributed by atoms with Crippen LogP contribution in [-0.2, 0) is 11.2 Å². The van der Waals surface area contributed by atoms with Gasteiger partial charge in [-0.2, -0.15) is 0 Å². The van der Waals surface area contributed by atoms with Crippen molar-refractivity contribution in [2.45, 2.75) is 19.4 Å². The van der Waals surface area contributed by atoms with Crippen molar-refractivity contribution in [3.8, 4) is 0 Å². The molecule has 0 spiro atoms. The minimum Gasteiger partial charge on any atom is -0.469 e. The SMILES string of the molecule is CC(Cc1ccco1)NCC(=O)Nc1c(Cl)cccc1Cl. The van der Waals surface area contributed by atoms with Crippen LogP contribution in [0.25, 0.3) is 0 Å². The summed E-state index contributed by atoms with van der Waals surface area (Å²) in [5.41, 5.74) is 0.436. The molecule has 0 fully saturated rings. The van der Waals surface area contributed by atoms with Crippen molar-refractivity contribution in [3.63, 3.8) is 0 Å². The van der Waals surface area contributed by atoms with Gasteiger partial charge in [-0.15, -0.1) is 0 Å². The van der Waals surface area contributed by atoms with Gasteiger partial charge in [-0.3, -0.25) is 4.79 Å². The molecule has 1 amide bonds. The molecule has 4 nitrogen and oxygen atoms in total. The summed E-state index contributed by atoms with van der Waals surface area (Å²) in [6.45, 7) is 2.15. The average molecular weight is 327 g/mol. The first-order valence-electron chi connectivity index (χ1n) is 6.56. The molecule has 112 valence electrons. The van der Waals surface area contributed by atoms with E-state index in [9.17, 15) is 4.79 Å². The number of rotatable bonds is 6. The highest BCUT2D eigenvalue weighted by atomic mass is 35.5. The van der Waals surface area contributed by atoms with E-state index in [1.54, 1.807) is 24.5 Å². The second-order valence-corrected chi connectivity index (χ2v) is 5.52. The molecule has 2 aromatic rings. The van der Waals surface area contributed by atoms with E-state index < -0.39 is 0 Å². The van der Waals surface area contributed by atoms with Gasteiger partial charge in [0.15, 0.2) is 0 Å². The number of halogens is 2. The fourth-order valence-electron chi connectivity index (χ4n) is 1.87. The number of hydrogen-bond donors (Lipinski definition) is 2. The van der Waals surface area contributed by atoms with Crippen molar-refractivity contribution in [3.05, 3.63) is 52.4 Å². The molecule has 0 aliphatic heterocycles. The predicted molar refractivity (Wildman–Crippen MR) is 85.0 cm³/mol. The molecule has 1 aromatic heterocycles. The van der Waals surface area contributed by atoms with E-state index in [0.717, 1.165) is 5.76 Å². The number of nitrogens with one attached hydrogen (secondary N) is 2. The Balaban J connectivity index is 1.82. The van der Waals surface area contributed by atoms with E-state index in [0.29, 0.717) is 22.2 Å². The molecule has 0 aliphatic rings. The Labute approximate surface area is 133 Å². The molecule has 21 heavy (non-hydrogen) atoms. The molecule has 0 saturated carbocycles. The van der Waals surface area contributed by atoms with Crippen LogP contribution in [0.4, 0.5) is 5.69 Å². The first-order chi connectivity index (χ1) is 10.1. The topological polar surface area (TPSA) is 54.3 Å². The lowest BCUT2D eigenvalue weighted by atomic mass is 10.2. The van der Waals surface area contributed by atoms with Crippen LogP contribution < -0.4 is 10.6 Å². The molecule has 1 atom stereocenters. The minimum atomic E-state index is -0.198. The van der Waals surface area contributed by atoms with E-state index in [-0.39, 0.29) is 18.5 Å². The number of para-hydroxylation sites is 1. The monoisotopic (exact) mass is 326 g/mol. The molecular formula is C15H16Cl2N2O2. The quantitative estimate of drug-likeness (QED) is 0.850. The Hall–Kier alpha value is -1.49. The highest BCUT2D eigenvalue weighted by Gasteiger charge is 2.11. The van der Waals surface area contributed by atoms with Gasteiger partial charge in [0.05, 0.1) is 28.5 Å². The summed E-state index contributed by atoms with van der Waals surface area (Å²) in [6, 6.07) is 8.94. The molecule has 0 aliphatic carbocycles. The van der Waals surface area contributed by atoms with Crippen LogP contribution in [0.15, 0.2) is 41.0 Å². The van der Waals surface area contributed by atoms with E-state index in [1.807, 2.05) is 19.1 Å². The maximum absolute atomic E-state index is 11.9. The zero-order valence-corrected chi connectivity index (χ0v) is 13.0. The molecule has 0 saturated heterocycles. The van der Waals surface area contributed by atoms with Crippen molar-refractivity contribution in [1.29, 1.82) is 0 Å². The number of amides is 1. The van der Waals surface area contributed by atoms with Crippen LogP contribution in [0.3, 0.4) is 0 Å². The van der Waals surface area contributed by atoms with Crippen molar-refractivity contribution < 1.29 is 9.21 Å². The Morgan fingerprint density at radius 1 is 1.24 bits per heavy atom. The normalized spacial score (nSPS) is 12.1. The number of benzene rings is 1. The Bertz CT molecular complexity index is 579. The summed E-state index contributed by atoms with van der Waals surface area (Å²) < 4.78 is 5.26. The highest BCUT2D eigenvalue weighted by Crippen LogP contribution is 2.29. The Morgan fingerprint density at radius 3 is 2.57 bits per heavy atom. The largest absolute Gasteiger partial charge is 0.469 e. The first-order valence-corrected chi connectivity index (χ1v) is 7.31. The molecule has 6 heteroatoms. The van der Waals surface area contributed by atoms with E-state index >= 15 is 0 Å². The number of carbonyl (C=O) groups excluding carboxylic acids is 1. The van der Waals surface area contributed by atoms with Crippen molar-refractivity contribution in [2.75, 3.05) is 11.9 Å². The van der Waals surface area contributed by atoms with Gasteiger partial charge < -0.3 is 15.1 Å². The van der Waals surface area contributed by atoms with Gasteiger partial charge in [-0.1, -0.05) is 29.3 Å². The lowest BCUT2D eigenvalue weighted by Crippen LogP contribution is -2.35. The first kappa shape index (κ1) is 15.9. The van der Waals surface area contributed by atoms with Gasteiger partial charge in [0.25, 0.3) is 0 Å². The van der Waals surface area contributed by atoms with Crippen molar-refractivity contribution in [1.82, 2.24) is 5.32 Å². The third-order valence-electron chi connectivity index (χ3n) is 2.93. The summed E-state index contributed by atoms with van der Waals surface area (Å²) in [5.74, 6) is 0.681. The molecule has 2 rings (SSSR count).